The number of hydrogen-bond acceptors (Lipinski definition) is 3. The van der Waals surface area contributed by atoms with Crippen LogP contribution in [0.1, 0.15) is 30.5 Å². The lowest BCUT2D eigenvalue weighted by Gasteiger charge is -2.17. The van der Waals surface area contributed by atoms with Gasteiger partial charge in [-0.25, -0.2) is 0 Å². The van der Waals surface area contributed by atoms with E-state index in [1.807, 2.05) is 0 Å². The van der Waals surface area contributed by atoms with Gasteiger partial charge in [0.1, 0.15) is 22.3 Å². The molecule has 60 heavy (non-hydrogen) atoms. The van der Waals surface area contributed by atoms with Gasteiger partial charge in [0, 0.05) is 55.6 Å². The van der Waals surface area contributed by atoms with E-state index >= 15 is 0 Å². The molecule has 284 valence electrons. The molecule has 1 atom stereocenters. The lowest BCUT2D eigenvalue weighted by molar-refractivity contribution is 0.656. The molecule has 0 aliphatic carbocycles. The van der Waals surface area contributed by atoms with E-state index in [9.17, 15) is 0 Å². The zero-order chi connectivity index (χ0) is 39.9. The minimum absolute atomic E-state index is 0.103. The van der Waals surface area contributed by atoms with Crippen molar-refractivity contribution in [1.29, 1.82) is 0 Å². The number of aliphatic imine (C=N–C) groups is 1. The van der Waals surface area contributed by atoms with Crippen LogP contribution in [0.4, 0.5) is 0 Å². The second kappa shape index (κ2) is 13.4. The van der Waals surface area contributed by atoms with Gasteiger partial charge in [-0.3, -0.25) is 4.99 Å². The standard InChI is InChI=1S/C56H38N2O2/c1-34-35(2)56(37-16-8-4-9-17-37)57-49(36-14-6-3-7-15-36)32-43(34)40-24-27-53-46(30-40)48-31-47-45-29-39(23-26-52(45)59-54(47)33-55(48)60-53)38-22-25-51-44(28-38)42-20-12-13-21-50(42)58(51)41-18-10-5-11-19-41/h3-33,35H,1-2H3. The second-order valence-corrected chi connectivity index (χ2v) is 16.0. The second-order valence-electron chi connectivity index (χ2n) is 16.0. The summed E-state index contributed by atoms with van der Waals surface area (Å²) in [5.41, 5.74) is 17.0. The zero-order valence-electron chi connectivity index (χ0n) is 33.2. The van der Waals surface area contributed by atoms with E-state index in [1.54, 1.807) is 0 Å². The fourth-order valence-corrected chi connectivity index (χ4v) is 9.34. The summed E-state index contributed by atoms with van der Waals surface area (Å²) in [7, 11) is 0. The summed E-state index contributed by atoms with van der Waals surface area (Å²) in [5.74, 6) is 0.103. The Labute approximate surface area is 346 Å². The predicted octanol–water partition coefficient (Wildman–Crippen LogP) is 15.2. The first-order chi connectivity index (χ1) is 29.6. The van der Waals surface area contributed by atoms with Gasteiger partial charge in [-0.1, -0.05) is 128 Å². The minimum atomic E-state index is 0.103. The van der Waals surface area contributed by atoms with Crippen LogP contribution in [0.25, 0.3) is 93.8 Å². The van der Waals surface area contributed by atoms with Crippen molar-refractivity contribution in [2.24, 2.45) is 10.9 Å². The van der Waals surface area contributed by atoms with E-state index in [2.05, 4.69) is 206 Å². The van der Waals surface area contributed by atoms with Gasteiger partial charge in [-0.05, 0) is 101 Å². The lowest BCUT2D eigenvalue weighted by atomic mass is 9.87. The van der Waals surface area contributed by atoms with Gasteiger partial charge in [0.2, 0.25) is 0 Å². The predicted molar refractivity (Wildman–Crippen MR) is 250 cm³/mol. The van der Waals surface area contributed by atoms with E-state index in [0.29, 0.717) is 0 Å². The Bertz CT molecular complexity index is 3600. The molecule has 0 radical (unpaired) electrons. The van der Waals surface area contributed by atoms with Gasteiger partial charge in [0.15, 0.2) is 0 Å². The van der Waals surface area contributed by atoms with Crippen molar-refractivity contribution in [2.45, 2.75) is 13.8 Å². The first-order valence-electron chi connectivity index (χ1n) is 20.6. The Morgan fingerprint density at radius 3 is 1.67 bits per heavy atom. The normalized spacial score (nSPS) is 14.8. The number of fused-ring (bicyclic) bond motifs is 9. The van der Waals surface area contributed by atoms with Crippen molar-refractivity contribution in [2.75, 3.05) is 0 Å². The Morgan fingerprint density at radius 1 is 0.433 bits per heavy atom. The highest BCUT2D eigenvalue weighted by molar-refractivity contribution is 6.17. The van der Waals surface area contributed by atoms with Gasteiger partial charge in [-0.2, -0.15) is 0 Å². The number of para-hydroxylation sites is 2. The van der Waals surface area contributed by atoms with Crippen LogP contribution >= 0.6 is 0 Å². The van der Waals surface area contributed by atoms with Crippen molar-refractivity contribution < 1.29 is 8.83 Å². The van der Waals surface area contributed by atoms with Crippen LogP contribution in [0.5, 0.6) is 0 Å². The maximum absolute atomic E-state index is 6.52. The molecule has 0 saturated carbocycles. The molecule has 0 N–H and O–H groups in total. The summed E-state index contributed by atoms with van der Waals surface area (Å²) in [5, 5.41) is 6.76. The molecule has 4 heteroatoms. The van der Waals surface area contributed by atoms with Crippen molar-refractivity contribution in [3.63, 3.8) is 0 Å². The Balaban J connectivity index is 0.988. The molecular weight excluding hydrogens is 733 g/mol. The third kappa shape index (κ3) is 5.41. The van der Waals surface area contributed by atoms with Crippen molar-refractivity contribution in [3.8, 4) is 16.8 Å². The fraction of sp³-hybridized carbons (Fsp3) is 0.0536. The highest BCUT2D eigenvalue weighted by Crippen LogP contribution is 2.42. The zero-order valence-corrected chi connectivity index (χ0v) is 33.2. The van der Waals surface area contributed by atoms with Crippen LogP contribution in [-0.4, -0.2) is 10.3 Å². The topological polar surface area (TPSA) is 43.6 Å². The lowest BCUT2D eigenvalue weighted by Crippen LogP contribution is -2.14. The van der Waals surface area contributed by atoms with Crippen LogP contribution in [0.2, 0.25) is 0 Å². The Morgan fingerprint density at radius 2 is 0.967 bits per heavy atom. The smallest absolute Gasteiger partial charge is 0.139 e. The van der Waals surface area contributed by atoms with Crippen LogP contribution in [0, 0.1) is 5.92 Å². The fourth-order valence-electron chi connectivity index (χ4n) is 9.34. The van der Waals surface area contributed by atoms with E-state index in [-0.39, 0.29) is 5.92 Å². The third-order valence-corrected chi connectivity index (χ3v) is 12.5. The van der Waals surface area contributed by atoms with E-state index in [0.717, 1.165) is 88.8 Å². The van der Waals surface area contributed by atoms with E-state index in [1.165, 1.54) is 33.0 Å². The third-order valence-electron chi connectivity index (χ3n) is 12.5. The SMILES string of the molecule is CC1=C(c2ccc3oc4cc5oc6ccc(-c7ccc8c(c7)c7ccccc7n8-c7ccccc7)cc6c5cc4c3c2)C=C(c2ccccc2)N=C(c2ccccc2)C1C. The van der Waals surface area contributed by atoms with Gasteiger partial charge in [0.05, 0.1) is 22.4 Å². The van der Waals surface area contributed by atoms with Crippen molar-refractivity contribution >= 4 is 82.7 Å². The Kier molecular flexibility index (Phi) is 7.69. The average Bonchev–Trinajstić information content (AvgIpc) is 3.93. The molecule has 8 aromatic carbocycles. The molecule has 12 rings (SSSR count). The molecule has 0 amide bonds. The average molecular weight is 771 g/mol. The number of benzene rings is 8. The van der Waals surface area contributed by atoms with Crippen molar-refractivity contribution in [1.82, 2.24) is 4.57 Å². The van der Waals surface area contributed by atoms with Crippen LogP contribution in [0.3, 0.4) is 0 Å². The van der Waals surface area contributed by atoms with Gasteiger partial charge in [-0.15, -0.1) is 0 Å². The van der Waals surface area contributed by atoms with Crippen LogP contribution in [-0.2, 0) is 0 Å². The van der Waals surface area contributed by atoms with E-state index < -0.39 is 0 Å². The summed E-state index contributed by atoms with van der Waals surface area (Å²) < 4.78 is 15.4. The van der Waals surface area contributed by atoms with E-state index in [4.69, 9.17) is 13.8 Å². The number of furan rings is 2. The largest absolute Gasteiger partial charge is 0.456 e. The number of allylic oxidation sites excluding steroid dienone is 3. The van der Waals surface area contributed by atoms with Crippen molar-refractivity contribution in [3.05, 3.63) is 210 Å². The molecule has 3 aromatic heterocycles. The van der Waals surface area contributed by atoms with Crippen LogP contribution in [0.15, 0.2) is 207 Å². The molecule has 0 spiro atoms. The highest BCUT2D eigenvalue weighted by atomic mass is 16.3. The number of hydrogen-bond donors (Lipinski definition) is 0. The summed E-state index contributed by atoms with van der Waals surface area (Å²) in [6, 6.07) is 64.6. The molecule has 4 heterocycles. The summed E-state index contributed by atoms with van der Waals surface area (Å²) in [4.78, 5) is 5.36. The molecule has 0 fully saturated rings. The number of aromatic nitrogens is 1. The van der Waals surface area contributed by atoms with Gasteiger partial charge in [0.25, 0.3) is 0 Å². The molecule has 4 nitrogen and oxygen atoms in total. The Hall–Kier alpha value is -7.69. The van der Waals surface area contributed by atoms with Gasteiger partial charge < -0.3 is 13.4 Å². The first kappa shape index (κ1) is 34.4. The quantitative estimate of drug-likeness (QED) is 0.175. The number of rotatable bonds is 5. The maximum Gasteiger partial charge on any atom is 0.139 e. The monoisotopic (exact) mass is 770 g/mol. The summed E-state index contributed by atoms with van der Waals surface area (Å²) in [6.07, 6.45) is 2.26. The van der Waals surface area contributed by atoms with Gasteiger partial charge >= 0.3 is 0 Å². The molecular formula is C56H38N2O2. The summed E-state index contributed by atoms with van der Waals surface area (Å²) >= 11 is 0. The summed E-state index contributed by atoms with van der Waals surface area (Å²) in [6.45, 7) is 4.52. The molecule has 1 aliphatic rings. The molecule has 11 aromatic rings. The first-order valence-corrected chi connectivity index (χ1v) is 20.6. The highest BCUT2D eigenvalue weighted by Gasteiger charge is 2.24. The van der Waals surface area contributed by atoms with Crippen LogP contribution < -0.4 is 0 Å². The minimum Gasteiger partial charge on any atom is -0.456 e. The molecule has 1 unspecified atom stereocenters. The number of nitrogens with zero attached hydrogens (tertiary/aromatic N) is 2. The molecule has 0 bridgehead atoms. The molecule has 0 saturated heterocycles. The maximum atomic E-state index is 6.52. The molecule has 1 aliphatic heterocycles.